The molecule has 0 aliphatic heterocycles. The molecular formula is C22H13ClF7N3OS. The van der Waals surface area contributed by atoms with E-state index in [-0.39, 0.29) is 5.15 Å². The normalized spacial score (nSPS) is 12.7. The number of nitrogens with one attached hydrogen (secondary N) is 1. The molecule has 0 saturated heterocycles. The van der Waals surface area contributed by atoms with Crippen LogP contribution in [0.4, 0.5) is 42.1 Å². The number of hydrogen-bond donors (Lipinski definition) is 1. The molecule has 3 rings (SSSR count). The first-order valence-electron chi connectivity index (χ1n) is 9.56. The van der Waals surface area contributed by atoms with E-state index < -0.39 is 51.9 Å². The van der Waals surface area contributed by atoms with Gasteiger partial charge in [-0.1, -0.05) is 23.7 Å². The highest BCUT2D eigenvalue weighted by Gasteiger charge is 2.42. The smallest absolute Gasteiger partial charge is 0.320 e. The second-order valence-corrected chi connectivity index (χ2v) is 8.60. The van der Waals surface area contributed by atoms with Crippen LogP contribution in [0.1, 0.15) is 18.1 Å². The molecule has 35 heavy (non-hydrogen) atoms. The number of carbonyl (C=O) groups is 1. The number of hydrogen-bond acceptors (Lipinski definition) is 4. The van der Waals surface area contributed by atoms with Gasteiger partial charge < -0.3 is 5.32 Å². The Morgan fingerprint density at radius 3 is 2.29 bits per heavy atom. The second kappa shape index (κ2) is 10.6. The zero-order valence-electron chi connectivity index (χ0n) is 17.4. The molecule has 1 atom stereocenters. The number of anilines is 1. The number of para-hydroxylation sites is 1. The third-order valence-corrected chi connectivity index (χ3v) is 5.95. The highest BCUT2D eigenvalue weighted by Crippen LogP contribution is 2.39. The molecule has 0 aliphatic rings. The number of alkyl halides is 3. The van der Waals surface area contributed by atoms with E-state index in [1.165, 1.54) is 19.3 Å². The zero-order valence-corrected chi connectivity index (χ0v) is 19.0. The quantitative estimate of drug-likeness (QED) is 0.120. The van der Waals surface area contributed by atoms with Crippen LogP contribution in [0.2, 0.25) is 5.15 Å². The standard InChI is InChI=1S/C22H13ClF7N3OS/c1-10(21(34)33-19-17(26)15(24)14(22(28,29)30)16(25)18(19)27)35-13-7-3-2-6-12(13)32-9-11-5-4-8-31-20(11)23/h2-10H,1H3,(H,33,34)/t10-/m1/s1. The fraction of sp³-hybridized carbons (Fsp3) is 0.136. The van der Waals surface area contributed by atoms with Gasteiger partial charge in [-0.15, -0.1) is 11.8 Å². The van der Waals surface area contributed by atoms with E-state index in [2.05, 4.69) is 9.98 Å². The topological polar surface area (TPSA) is 54.4 Å². The molecule has 0 spiro atoms. The minimum atomic E-state index is -5.69. The lowest BCUT2D eigenvalue weighted by Crippen LogP contribution is -2.25. The van der Waals surface area contributed by atoms with E-state index in [4.69, 9.17) is 11.6 Å². The van der Waals surface area contributed by atoms with Gasteiger partial charge in [-0.2, -0.15) is 13.2 Å². The van der Waals surface area contributed by atoms with Crippen molar-refractivity contribution in [3.63, 3.8) is 0 Å². The first-order valence-corrected chi connectivity index (χ1v) is 10.8. The van der Waals surface area contributed by atoms with Crippen LogP contribution in [0.15, 0.2) is 52.5 Å². The first-order chi connectivity index (χ1) is 16.4. The fourth-order valence-corrected chi connectivity index (χ4v) is 3.87. The summed E-state index contributed by atoms with van der Waals surface area (Å²) in [6.07, 6.45) is -2.77. The summed E-state index contributed by atoms with van der Waals surface area (Å²) in [5.41, 5.74) is -3.49. The Morgan fingerprint density at radius 1 is 1.06 bits per heavy atom. The van der Waals surface area contributed by atoms with Gasteiger partial charge in [0.05, 0.1) is 10.9 Å². The molecule has 3 aromatic rings. The van der Waals surface area contributed by atoms with E-state index >= 15 is 0 Å². The Kier molecular flexibility index (Phi) is 8.06. The van der Waals surface area contributed by atoms with Crippen LogP contribution in [0.3, 0.4) is 0 Å². The van der Waals surface area contributed by atoms with Gasteiger partial charge >= 0.3 is 6.18 Å². The van der Waals surface area contributed by atoms with E-state index in [1.807, 2.05) is 0 Å². The molecule has 0 radical (unpaired) electrons. The summed E-state index contributed by atoms with van der Waals surface area (Å²) in [7, 11) is 0. The van der Waals surface area contributed by atoms with Crippen LogP contribution in [-0.2, 0) is 11.0 Å². The number of nitrogens with zero attached hydrogens (tertiary/aromatic N) is 2. The number of amides is 1. The largest absolute Gasteiger partial charge is 0.422 e. The summed E-state index contributed by atoms with van der Waals surface area (Å²) in [6, 6.07) is 9.79. The lowest BCUT2D eigenvalue weighted by molar-refractivity contribution is -0.143. The van der Waals surface area contributed by atoms with Crippen LogP contribution in [0, 0.1) is 23.3 Å². The molecule has 0 fully saturated rings. The molecule has 1 heterocycles. The minimum Gasteiger partial charge on any atom is -0.320 e. The number of halogens is 8. The van der Waals surface area contributed by atoms with Crippen molar-refractivity contribution in [1.82, 2.24) is 4.98 Å². The van der Waals surface area contributed by atoms with Crippen molar-refractivity contribution < 1.29 is 35.5 Å². The molecule has 1 amide bonds. The summed E-state index contributed by atoms with van der Waals surface area (Å²) < 4.78 is 94.1. The van der Waals surface area contributed by atoms with Crippen LogP contribution in [-0.4, -0.2) is 22.4 Å². The maximum atomic E-state index is 14.1. The second-order valence-electron chi connectivity index (χ2n) is 6.86. The molecule has 4 nitrogen and oxygen atoms in total. The number of thioether (sulfide) groups is 1. The number of carbonyl (C=O) groups excluding carboxylic acids is 1. The van der Waals surface area contributed by atoms with Crippen LogP contribution in [0.25, 0.3) is 0 Å². The molecular weight excluding hydrogens is 523 g/mol. The monoisotopic (exact) mass is 535 g/mol. The van der Waals surface area contributed by atoms with Gasteiger partial charge in [0, 0.05) is 22.9 Å². The summed E-state index contributed by atoms with van der Waals surface area (Å²) >= 11 is 6.86. The fourth-order valence-electron chi connectivity index (χ4n) is 2.76. The Labute approximate surface area is 203 Å². The van der Waals surface area contributed by atoms with E-state index in [0.717, 1.165) is 11.8 Å². The van der Waals surface area contributed by atoms with Crippen molar-refractivity contribution in [2.75, 3.05) is 5.32 Å². The Morgan fingerprint density at radius 2 is 1.69 bits per heavy atom. The maximum Gasteiger partial charge on any atom is 0.422 e. The van der Waals surface area contributed by atoms with Gasteiger partial charge in [0.25, 0.3) is 0 Å². The summed E-state index contributed by atoms with van der Waals surface area (Å²) in [6.45, 7) is 1.31. The maximum absolute atomic E-state index is 14.1. The van der Waals surface area contributed by atoms with Crippen molar-refractivity contribution in [3.8, 4) is 0 Å². The molecule has 0 unspecified atom stereocenters. The predicted molar refractivity (Wildman–Crippen MR) is 118 cm³/mol. The summed E-state index contributed by atoms with van der Waals surface area (Å²) in [4.78, 5) is 21.1. The molecule has 1 N–H and O–H groups in total. The van der Waals surface area contributed by atoms with Gasteiger partial charge in [0.1, 0.15) is 16.4 Å². The van der Waals surface area contributed by atoms with Crippen molar-refractivity contribution in [2.24, 2.45) is 4.99 Å². The van der Waals surface area contributed by atoms with Crippen molar-refractivity contribution in [3.05, 3.63) is 82.1 Å². The van der Waals surface area contributed by atoms with E-state index in [9.17, 15) is 35.5 Å². The summed E-state index contributed by atoms with van der Waals surface area (Å²) in [5.74, 6) is -11.2. The lowest BCUT2D eigenvalue weighted by atomic mass is 10.1. The number of aromatic nitrogens is 1. The average Bonchev–Trinajstić information content (AvgIpc) is 2.80. The predicted octanol–water partition coefficient (Wildman–Crippen LogP) is 7.18. The Hall–Kier alpha value is -3.12. The minimum absolute atomic E-state index is 0.203. The molecule has 0 aliphatic carbocycles. The number of pyridine rings is 1. The van der Waals surface area contributed by atoms with Gasteiger partial charge in [-0.3, -0.25) is 9.79 Å². The first kappa shape index (κ1) is 26.5. The highest BCUT2D eigenvalue weighted by atomic mass is 35.5. The molecule has 13 heteroatoms. The SMILES string of the molecule is C[C@@H](Sc1ccccc1N=Cc1cccnc1Cl)C(=O)Nc1c(F)c(F)c(C(F)(F)F)c(F)c1F. The van der Waals surface area contributed by atoms with Gasteiger partial charge in [0.15, 0.2) is 23.3 Å². The third kappa shape index (κ3) is 5.93. The van der Waals surface area contributed by atoms with E-state index in [0.29, 0.717) is 16.1 Å². The van der Waals surface area contributed by atoms with Gasteiger partial charge in [-0.25, -0.2) is 22.5 Å². The zero-order chi connectivity index (χ0) is 25.9. The van der Waals surface area contributed by atoms with Crippen molar-refractivity contribution >= 4 is 46.9 Å². The molecule has 2 aromatic carbocycles. The molecule has 0 bridgehead atoms. The van der Waals surface area contributed by atoms with Gasteiger partial charge in [-0.05, 0) is 31.2 Å². The van der Waals surface area contributed by atoms with Crippen molar-refractivity contribution in [1.29, 1.82) is 0 Å². The Balaban J connectivity index is 1.83. The molecule has 184 valence electrons. The Bertz CT molecular complexity index is 1270. The number of benzene rings is 2. The summed E-state index contributed by atoms with van der Waals surface area (Å²) in [5, 5.41) is 0.715. The molecule has 1 aromatic heterocycles. The van der Waals surface area contributed by atoms with Gasteiger partial charge in [0.2, 0.25) is 5.91 Å². The van der Waals surface area contributed by atoms with Crippen LogP contribution < -0.4 is 5.32 Å². The number of aliphatic imine (C=N–C) groups is 1. The van der Waals surface area contributed by atoms with E-state index in [1.54, 1.807) is 41.7 Å². The number of rotatable bonds is 6. The highest BCUT2D eigenvalue weighted by molar-refractivity contribution is 8.00. The van der Waals surface area contributed by atoms with Crippen LogP contribution in [0.5, 0.6) is 0 Å². The lowest BCUT2D eigenvalue weighted by Gasteiger charge is -2.17. The average molecular weight is 536 g/mol. The third-order valence-electron chi connectivity index (χ3n) is 4.46. The molecule has 0 saturated carbocycles. The van der Waals surface area contributed by atoms with Crippen LogP contribution >= 0.6 is 23.4 Å². The van der Waals surface area contributed by atoms with Crippen molar-refractivity contribution in [2.45, 2.75) is 23.2 Å².